The number of rotatable bonds is 7. The molecule has 184 valence electrons. The van der Waals surface area contributed by atoms with E-state index in [2.05, 4.69) is 39.3 Å². The summed E-state index contributed by atoms with van der Waals surface area (Å²) in [6.07, 6.45) is 5.03. The van der Waals surface area contributed by atoms with E-state index in [1.54, 1.807) is 27.7 Å². The Morgan fingerprint density at radius 3 is 3.06 bits per heavy atom. The lowest BCUT2D eigenvalue weighted by Crippen LogP contribution is -2.23. The van der Waals surface area contributed by atoms with Gasteiger partial charge in [-0.15, -0.1) is 6.58 Å². The van der Waals surface area contributed by atoms with E-state index >= 15 is 0 Å². The van der Waals surface area contributed by atoms with Crippen molar-refractivity contribution < 1.29 is 9.47 Å². The summed E-state index contributed by atoms with van der Waals surface area (Å²) in [6.45, 7) is 7.16. The van der Waals surface area contributed by atoms with Gasteiger partial charge in [-0.3, -0.25) is 4.79 Å². The lowest BCUT2D eigenvalue weighted by molar-refractivity contribution is 0.138. The van der Waals surface area contributed by atoms with Gasteiger partial charge in [0.1, 0.15) is 11.5 Å². The minimum absolute atomic E-state index is 0.0329. The number of aromatic nitrogens is 5. The first kappa shape index (κ1) is 22.4. The Labute approximate surface area is 207 Å². The van der Waals surface area contributed by atoms with Crippen molar-refractivity contribution in [1.82, 2.24) is 29.6 Å². The standard InChI is InChI=1S/C26H27N7O3/c1-2-11-32-25(34)21-15-28-26(29-19-7-6-17-8-10-27-14-18(17)13-19)31-24(21)33(32)22-4-3-5-23(30-22)36-20-9-12-35-16-20/h2-7,13,15,20,27H,1,8-12,14,16H2,(H,28,29,31). The van der Waals surface area contributed by atoms with Gasteiger partial charge < -0.3 is 20.1 Å². The number of anilines is 2. The van der Waals surface area contributed by atoms with Crippen LogP contribution < -0.4 is 20.9 Å². The molecule has 6 rings (SSSR count). The Kier molecular flexibility index (Phi) is 5.96. The van der Waals surface area contributed by atoms with Crippen molar-refractivity contribution in [3.8, 4) is 11.7 Å². The van der Waals surface area contributed by atoms with Gasteiger partial charge in [0, 0.05) is 30.9 Å². The summed E-state index contributed by atoms with van der Waals surface area (Å²) < 4.78 is 14.6. The third kappa shape index (κ3) is 4.25. The highest BCUT2D eigenvalue weighted by atomic mass is 16.5. The third-order valence-electron chi connectivity index (χ3n) is 6.43. The van der Waals surface area contributed by atoms with Gasteiger partial charge in [-0.2, -0.15) is 9.97 Å². The molecule has 10 heteroatoms. The smallest absolute Gasteiger partial charge is 0.278 e. The largest absolute Gasteiger partial charge is 0.472 e. The lowest BCUT2D eigenvalue weighted by atomic mass is 10.0. The number of hydrogen-bond donors (Lipinski definition) is 2. The highest BCUT2D eigenvalue weighted by molar-refractivity contribution is 5.77. The fourth-order valence-corrected chi connectivity index (χ4v) is 4.66. The van der Waals surface area contributed by atoms with Gasteiger partial charge in [0.15, 0.2) is 11.5 Å². The van der Waals surface area contributed by atoms with E-state index in [9.17, 15) is 4.79 Å². The predicted octanol–water partition coefficient (Wildman–Crippen LogP) is 2.72. The summed E-state index contributed by atoms with van der Waals surface area (Å²) in [5.41, 5.74) is 3.74. The Morgan fingerprint density at radius 2 is 2.19 bits per heavy atom. The van der Waals surface area contributed by atoms with Crippen LogP contribution in [0.25, 0.3) is 16.9 Å². The molecule has 1 atom stereocenters. The summed E-state index contributed by atoms with van der Waals surface area (Å²) in [5, 5.41) is 7.09. The molecule has 2 aliphatic rings. The molecule has 0 radical (unpaired) electrons. The van der Waals surface area contributed by atoms with E-state index in [-0.39, 0.29) is 11.7 Å². The second-order valence-electron chi connectivity index (χ2n) is 8.89. The summed E-state index contributed by atoms with van der Waals surface area (Å²) in [4.78, 5) is 27.0. The van der Waals surface area contributed by atoms with Crippen LogP contribution in [-0.4, -0.2) is 50.2 Å². The first-order chi connectivity index (χ1) is 17.7. The van der Waals surface area contributed by atoms with Crippen LogP contribution in [-0.2, 0) is 24.2 Å². The molecule has 10 nitrogen and oxygen atoms in total. The Balaban J connectivity index is 1.39. The van der Waals surface area contributed by atoms with Gasteiger partial charge in [-0.05, 0) is 42.3 Å². The van der Waals surface area contributed by atoms with Gasteiger partial charge in [0.25, 0.3) is 5.56 Å². The zero-order valence-electron chi connectivity index (χ0n) is 19.8. The Morgan fingerprint density at radius 1 is 1.25 bits per heavy atom. The van der Waals surface area contributed by atoms with Crippen molar-refractivity contribution in [2.24, 2.45) is 0 Å². The molecule has 1 unspecified atom stereocenters. The molecule has 2 aliphatic heterocycles. The first-order valence-corrected chi connectivity index (χ1v) is 12.1. The zero-order valence-corrected chi connectivity index (χ0v) is 19.8. The van der Waals surface area contributed by atoms with E-state index in [1.165, 1.54) is 11.1 Å². The molecule has 5 heterocycles. The Bertz CT molecular complexity index is 1490. The summed E-state index contributed by atoms with van der Waals surface area (Å²) in [6, 6.07) is 11.8. The summed E-state index contributed by atoms with van der Waals surface area (Å²) >= 11 is 0. The number of ether oxygens (including phenoxy) is 2. The first-order valence-electron chi connectivity index (χ1n) is 12.1. The summed E-state index contributed by atoms with van der Waals surface area (Å²) in [5.74, 6) is 1.38. The SMILES string of the molecule is C=CCn1c(=O)c2cnc(Nc3ccc4c(c3)CNCC4)nc2n1-c1cccc(OC2CCOC2)n1. The van der Waals surface area contributed by atoms with Crippen LogP contribution in [0, 0.1) is 0 Å². The van der Waals surface area contributed by atoms with E-state index in [0.717, 1.165) is 31.6 Å². The number of pyridine rings is 1. The normalized spacial score (nSPS) is 17.2. The molecule has 36 heavy (non-hydrogen) atoms. The number of nitrogens with one attached hydrogen (secondary N) is 2. The second-order valence-corrected chi connectivity index (χ2v) is 8.89. The number of allylic oxidation sites excluding steroid dienone is 1. The summed E-state index contributed by atoms with van der Waals surface area (Å²) in [7, 11) is 0. The van der Waals surface area contributed by atoms with Gasteiger partial charge in [0.05, 0.1) is 19.8 Å². The maximum absolute atomic E-state index is 13.2. The molecule has 0 amide bonds. The molecule has 1 saturated heterocycles. The van der Waals surface area contributed by atoms with Crippen molar-refractivity contribution in [2.45, 2.75) is 32.0 Å². The Hall–Kier alpha value is -4.02. The molecule has 3 aromatic heterocycles. The fraction of sp³-hybridized carbons (Fsp3) is 0.308. The highest BCUT2D eigenvalue weighted by Gasteiger charge is 2.21. The topological polar surface area (TPSA) is 108 Å². The quantitative estimate of drug-likeness (QED) is 0.385. The van der Waals surface area contributed by atoms with Crippen molar-refractivity contribution in [2.75, 3.05) is 25.1 Å². The molecule has 1 aromatic carbocycles. The van der Waals surface area contributed by atoms with E-state index in [4.69, 9.17) is 14.5 Å². The molecule has 1 fully saturated rings. The minimum Gasteiger partial charge on any atom is -0.472 e. The number of hydrogen-bond acceptors (Lipinski definition) is 8. The molecule has 0 aliphatic carbocycles. The maximum Gasteiger partial charge on any atom is 0.278 e. The van der Waals surface area contributed by atoms with Crippen LogP contribution in [0.1, 0.15) is 17.5 Å². The van der Waals surface area contributed by atoms with Crippen LogP contribution in [0.5, 0.6) is 5.88 Å². The van der Waals surface area contributed by atoms with Crippen LogP contribution in [0.2, 0.25) is 0 Å². The van der Waals surface area contributed by atoms with Gasteiger partial charge >= 0.3 is 0 Å². The van der Waals surface area contributed by atoms with Gasteiger partial charge in [0.2, 0.25) is 11.8 Å². The van der Waals surface area contributed by atoms with Crippen LogP contribution in [0.3, 0.4) is 0 Å². The molecule has 0 saturated carbocycles. The molecule has 0 bridgehead atoms. The fourth-order valence-electron chi connectivity index (χ4n) is 4.66. The lowest BCUT2D eigenvalue weighted by Gasteiger charge is -2.18. The molecule has 2 N–H and O–H groups in total. The molecule has 0 spiro atoms. The zero-order chi connectivity index (χ0) is 24.5. The van der Waals surface area contributed by atoms with Crippen molar-refractivity contribution >= 4 is 22.7 Å². The minimum atomic E-state index is -0.214. The van der Waals surface area contributed by atoms with Crippen molar-refractivity contribution in [3.63, 3.8) is 0 Å². The predicted molar refractivity (Wildman–Crippen MR) is 136 cm³/mol. The second kappa shape index (κ2) is 9.56. The van der Waals surface area contributed by atoms with Crippen molar-refractivity contribution in [3.05, 3.63) is 76.7 Å². The van der Waals surface area contributed by atoms with Crippen molar-refractivity contribution in [1.29, 1.82) is 0 Å². The average molecular weight is 486 g/mol. The molecular weight excluding hydrogens is 458 g/mol. The molecule has 4 aromatic rings. The van der Waals surface area contributed by atoms with E-state index in [0.29, 0.717) is 48.4 Å². The van der Waals surface area contributed by atoms with E-state index < -0.39 is 0 Å². The van der Waals surface area contributed by atoms with E-state index in [1.807, 2.05) is 18.2 Å². The van der Waals surface area contributed by atoms with Crippen LogP contribution in [0.15, 0.2) is 60.0 Å². The van der Waals surface area contributed by atoms with Crippen LogP contribution in [0.4, 0.5) is 11.6 Å². The van der Waals surface area contributed by atoms with Gasteiger partial charge in [-0.1, -0.05) is 18.2 Å². The number of benzene rings is 1. The monoisotopic (exact) mass is 485 g/mol. The number of fused-ring (bicyclic) bond motifs is 2. The maximum atomic E-state index is 13.2. The molecular formula is C26H27N7O3. The highest BCUT2D eigenvalue weighted by Crippen LogP contribution is 2.23. The average Bonchev–Trinajstić information content (AvgIpc) is 3.50. The third-order valence-corrected chi connectivity index (χ3v) is 6.43. The number of nitrogens with zero attached hydrogens (tertiary/aromatic N) is 5. The van der Waals surface area contributed by atoms with Gasteiger partial charge in [-0.25, -0.2) is 14.3 Å². The van der Waals surface area contributed by atoms with Crippen LogP contribution >= 0.6 is 0 Å².